The Balaban J connectivity index is 1.74. The molecule has 1 N–H and O–H groups in total. The van der Waals surface area contributed by atoms with Gasteiger partial charge in [-0.3, -0.25) is 9.58 Å². The largest absolute Gasteiger partial charge is 0.308 e. The van der Waals surface area contributed by atoms with Crippen LogP contribution in [0, 0.1) is 12.8 Å². The van der Waals surface area contributed by atoms with E-state index in [0.717, 1.165) is 37.8 Å². The Hall–Kier alpha value is -0.870. The average molecular weight is 276 g/mol. The predicted octanol–water partition coefficient (Wildman–Crippen LogP) is 2.17. The lowest BCUT2D eigenvalue weighted by Crippen LogP contribution is -2.63. The van der Waals surface area contributed by atoms with Crippen LogP contribution in [-0.2, 0) is 13.1 Å². The van der Waals surface area contributed by atoms with Crippen LogP contribution in [0.3, 0.4) is 0 Å². The highest BCUT2D eigenvalue weighted by atomic mass is 15.3. The molecule has 0 amide bonds. The summed E-state index contributed by atoms with van der Waals surface area (Å²) >= 11 is 0. The van der Waals surface area contributed by atoms with Crippen LogP contribution >= 0.6 is 0 Å². The molecule has 1 saturated heterocycles. The number of aryl methyl sites for hydroxylation is 2. The summed E-state index contributed by atoms with van der Waals surface area (Å²) in [6, 6.07) is 2.84. The Kier molecular flexibility index (Phi) is 3.63. The van der Waals surface area contributed by atoms with Crippen LogP contribution in [0.15, 0.2) is 6.07 Å². The Bertz CT molecular complexity index is 477. The van der Waals surface area contributed by atoms with E-state index in [1.165, 1.54) is 18.5 Å². The fraction of sp³-hybridized carbons (Fsp3) is 0.812. The van der Waals surface area contributed by atoms with Crippen molar-refractivity contribution in [3.05, 3.63) is 17.5 Å². The van der Waals surface area contributed by atoms with Crippen molar-refractivity contribution in [3.8, 4) is 0 Å². The Morgan fingerprint density at radius 1 is 1.45 bits per heavy atom. The average Bonchev–Trinajstić information content (AvgIpc) is 3.20. The van der Waals surface area contributed by atoms with Crippen LogP contribution in [-0.4, -0.2) is 39.4 Å². The molecule has 2 aliphatic rings. The normalized spacial score (nSPS) is 31.7. The first kappa shape index (κ1) is 14.1. The van der Waals surface area contributed by atoms with Gasteiger partial charge in [0.15, 0.2) is 0 Å². The molecule has 1 aromatic heterocycles. The van der Waals surface area contributed by atoms with Crippen molar-refractivity contribution in [3.63, 3.8) is 0 Å². The number of piperazine rings is 1. The zero-order valence-corrected chi connectivity index (χ0v) is 13.3. The summed E-state index contributed by atoms with van der Waals surface area (Å²) in [7, 11) is 0. The molecule has 0 aromatic carbocycles. The van der Waals surface area contributed by atoms with E-state index in [-0.39, 0.29) is 0 Å². The highest BCUT2D eigenvalue weighted by Gasteiger charge is 2.45. The van der Waals surface area contributed by atoms with Crippen molar-refractivity contribution >= 4 is 0 Å². The van der Waals surface area contributed by atoms with Gasteiger partial charge in [-0.25, -0.2) is 0 Å². The molecule has 112 valence electrons. The van der Waals surface area contributed by atoms with Crippen LogP contribution in [0.4, 0.5) is 0 Å². The van der Waals surface area contributed by atoms with E-state index in [2.05, 4.69) is 53.8 Å². The molecule has 2 heterocycles. The van der Waals surface area contributed by atoms with Gasteiger partial charge in [0.2, 0.25) is 0 Å². The first-order valence-electron chi connectivity index (χ1n) is 8.04. The van der Waals surface area contributed by atoms with Crippen molar-refractivity contribution in [2.75, 3.05) is 13.1 Å². The van der Waals surface area contributed by atoms with E-state index >= 15 is 0 Å². The lowest BCUT2D eigenvalue weighted by Gasteiger charge is -2.45. The van der Waals surface area contributed by atoms with Gasteiger partial charge < -0.3 is 5.32 Å². The Labute approximate surface area is 122 Å². The number of rotatable bonds is 4. The number of nitrogens with zero attached hydrogens (tertiary/aromatic N) is 3. The predicted molar refractivity (Wildman–Crippen MR) is 81.6 cm³/mol. The van der Waals surface area contributed by atoms with Crippen molar-refractivity contribution in [2.24, 2.45) is 5.92 Å². The minimum Gasteiger partial charge on any atom is -0.308 e. The van der Waals surface area contributed by atoms with Gasteiger partial charge in [-0.2, -0.15) is 5.10 Å². The molecule has 2 atom stereocenters. The van der Waals surface area contributed by atoms with Gasteiger partial charge >= 0.3 is 0 Å². The molecular formula is C16H28N4. The van der Waals surface area contributed by atoms with E-state index in [0.29, 0.717) is 11.6 Å². The minimum absolute atomic E-state index is 0.318. The molecular weight excluding hydrogens is 248 g/mol. The summed E-state index contributed by atoms with van der Waals surface area (Å²) in [6.45, 7) is 13.3. The third-order valence-corrected chi connectivity index (χ3v) is 5.08. The molecule has 4 heteroatoms. The van der Waals surface area contributed by atoms with Gasteiger partial charge in [-0.05, 0) is 52.5 Å². The van der Waals surface area contributed by atoms with Crippen molar-refractivity contribution in [2.45, 2.75) is 65.2 Å². The first-order valence-corrected chi connectivity index (χ1v) is 8.04. The second kappa shape index (κ2) is 5.15. The molecule has 1 saturated carbocycles. The van der Waals surface area contributed by atoms with Gasteiger partial charge in [0.1, 0.15) is 0 Å². The van der Waals surface area contributed by atoms with E-state index in [1.54, 1.807) is 0 Å². The Morgan fingerprint density at radius 3 is 2.85 bits per heavy atom. The van der Waals surface area contributed by atoms with Crippen molar-refractivity contribution < 1.29 is 0 Å². The van der Waals surface area contributed by atoms with Gasteiger partial charge in [0, 0.05) is 37.8 Å². The summed E-state index contributed by atoms with van der Waals surface area (Å²) in [6.07, 6.45) is 2.80. The summed E-state index contributed by atoms with van der Waals surface area (Å²) in [5.74, 6) is 0.885. The molecule has 0 radical (unpaired) electrons. The molecule has 1 aromatic rings. The molecule has 20 heavy (non-hydrogen) atoms. The molecule has 1 aliphatic heterocycles. The summed E-state index contributed by atoms with van der Waals surface area (Å²) in [4.78, 5) is 2.64. The lowest BCUT2D eigenvalue weighted by atomic mass is 9.91. The van der Waals surface area contributed by atoms with E-state index in [4.69, 9.17) is 0 Å². The van der Waals surface area contributed by atoms with Gasteiger partial charge in [0.05, 0.1) is 11.4 Å². The van der Waals surface area contributed by atoms with Crippen molar-refractivity contribution in [1.29, 1.82) is 0 Å². The zero-order valence-electron chi connectivity index (χ0n) is 13.3. The number of aromatic nitrogens is 2. The lowest BCUT2D eigenvalue weighted by molar-refractivity contribution is 0.0747. The van der Waals surface area contributed by atoms with Crippen LogP contribution in [0.5, 0.6) is 0 Å². The summed E-state index contributed by atoms with van der Waals surface area (Å²) < 4.78 is 2.15. The highest BCUT2D eigenvalue weighted by molar-refractivity contribution is 5.11. The van der Waals surface area contributed by atoms with Crippen LogP contribution in [0.1, 0.15) is 45.0 Å². The standard InChI is InChI=1S/C16H28N4/c1-5-20-15(8-12(2)18-20)10-19-11-16(4,14-6-7-14)17-9-13(19)3/h8,13-14,17H,5-7,9-11H2,1-4H3. The number of hydrogen-bond donors (Lipinski definition) is 1. The summed E-state index contributed by atoms with van der Waals surface area (Å²) in [5.41, 5.74) is 2.81. The second-order valence-electron chi connectivity index (χ2n) is 6.92. The maximum Gasteiger partial charge on any atom is 0.0597 e. The SMILES string of the molecule is CCn1nc(C)cc1CN1CC(C)(C2CC2)NCC1C. The molecule has 2 unspecified atom stereocenters. The third-order valence-electron chi connectivity index (χ3n) is 5.08. The molecule has 2 fully saturated rings. The fourth-order valence-corrected chi connectivity index (χ4v) is 3.56. The Morgan fingerprint density at radius 2 is 2.20 bits per heavy atom. The smallest absolute Gasteiger partial charge is 0.0597 e. The van der Waals surface area contributed by atoms with Gasteiger partial charge in [-0.1, -0.05) is 0 Å². The van der Waals surface area contributed by atoms with Gasteiger partial charge in [0.25, 0.3) is 0 Å². The maximum atomic E-state index is 4.58. The zero-order chi connectivity index (χ0) is 14.3. The second-order valence-corrected chi connectivity index (χ2v) is 6.92. The highest BCUT2D eigenvalue weighted by Crippen LogP contribution is 2.41. The van der Waals surface area contributed by atoms with Crippen molar-refractivity contribution in [1.82, 2.24) is 20.0 Å². The van der Waals surface area contributed by atoms with E-state index in [1.807, 2.05) is 0 Å². The maximum absolute atomic E-state index is 4.58. The third kappa shape index (κ3) is 2.63. The van der Waals surface area contributed by atoms with Crippen LogP contribution < -0.4 is 5.32 Å². The number of nitrogens with one attached hydrogen (secondary N) is 1. The van der Waals surface area contributed by atoms with Crippen LogP contribution in [0.25, 0.3) is 0 Å². The van der Waals surface area contributed by atoms with E-state index in [9.17, 15) is 0 Å². The molecule has 1 aliphatic carbocycles. The quantitative estimate of drug-likeness (QED) is 0.915. The molecule has 3 rings (SSSR count). The van der Waals surface area contributed by atoms with Gasteiger partial charge in [-0.15, -0.1) is 0 Å². The van der Waals surface area contributed by atoms with E-state index < -0.39 is 0 Å². The first-order chi connectivity index (χ1) is 9.51. The fourth-order valence-electron chi connectivity index (χ4n) is 3.56. The number of hydrogen-bond acceptors (Lipinski definition) is 3. The molecule has 4 nitrogen and oxygen atoms in total. The molecule has 0 bridgehead atoms. The topological polar surface area (TPSA) is 33.1 Å². The van der Waals surface area contributed by atoms with Crippen LogP contribution in [0.2, 0.25) is 0 Å². The monoisotopic (exact) mass is 276 g/mol. The minimum atomic E-state index is 0.318. The molecule has 0 spiro atoms. The summed E-state index contributed by atoms with van der Waals surface area (Å²) in [5, 5.41) is 8.37.